The summed E-state index contributed by atoms with van der Waals surface area (Å²) in [4.78, 5) is 20.5. The first-order valence-electron chi connectivity index (χ1n) is 9.49. The number of hydrogen-bond acceptors (Lipinski definition) is 7. The van der Waals surface area contributed by atoms with Crippen LogP contribution in [0.5, 0.6) is 0 Å². The Morgan fingerprint density at radius 2 is 2.00 bits per heavy atom. The normalized spacial score (nSPS) is 18.9. The molecule has 1 saturated carbocycles. The zero-order valence-electron chi connectivity index (χ0n) is 16.4. The van der Waals surface area contributed by atoms with Crippen molar-refractivity contribution in [1.82, 2.24) is 19.7 Å². The number of aryl methyl sites for hydroxylation is 2. The first-order valence-corrected chi connectivity index (χ1v) is 9.49. The number of ether oxygens (including phenoxy) is 1. The molecule has 8 nitrogen and oxygen atoms in total. The molecular formula is C21H20N4O4. The monoisotopic (exact) mass is 392 g/mol. The fourth-order valence-corrected chi connectivity index (χ4v) is 4.08. The molecule has 8 heteroatoms. The second-order valence-electron chi connectivity index (χ2n) is 7.37. The average Bonchev–Trinajstić information content (AvgIpc) is 3.21. The van der Waals surface area contributed by atoms with Crippen molar-refractivity contribution in [3.05, 3.63) is 52.5 Å². The van der Waals surface area contributed by atoms with Crippen molar-refractivity contribution in [2.45, 2.75) is 38.8 Å². The summed E-state index contributed by atoms with van der Waals surface area (Å²) in [5.74, 6) is 0.787. The van der Waals surface area contributed by atoms with Crippen molar-refractivity contribution in [3.8, 4) is 22.6 Å². The topological polar surface area (TPSA) is 96.2 Å². The van der Waals surface area contributed by atoms with E-state index in [1.807, 2.05) is 19.9 Å². The van der Waals surface area contributed by atoms with Crippen molar-refractivity contribution in [2.24, 2.45) is 0 Å². The maximum Gasteiger partial charge on any atom is 0.439 e. The number of aromatic nitrogens is 4. The van der Waals surface area contributed by atoms with Crippen LogP contribution in [0.25, 0.3) is 33.7 Å². The van der Waals surface area contributed by atoms with Gasteiger partial charge in [0, 0.05) is 24.8 Å². The minimum absolute atomic E-state index is 0.235. The molecule has 1 aliphatic rings. The second-order valence-corrected chi connectivity index (χ2v) is 7.37. The lowest BCUT2D eigenvalue weighted by Gasteiger charge is -2.36. The van der Waals surface area contributed by atoms with E-state index in [1.54, 1.807) is 13.2 Å². The minimum Gasteiger partial charge on any atom is -0.417 e. The van der Waals surface area contributed by atoms with Gasteiger partial charge in [0.05, 0.1) is 29.1 Å². The van der Waals surface area contributed by atoms with Crippen LogP contribution < -0.4 is 5.76 Å². The molecule has 1 aliphatic carbocycles. The highest BCUT2D eigenvalue weighted by atomic mass is 16.5. The molecule has 0 aliphatic heterocycles. The summed E-state index contributed by atoms with van der Waals surface area (Å²) in [6.45, 7) is 3.82. The van der Waals surface area contributed by atoms with Crippen molar-refractivity contribution in [1.29, 1.82) is 0 Å². The van der Waals surface area contributed by atoms with Crippen LogP contribution in [0.3, 0.4) is 0 Å². The minimum atomic E-state index is -0.638. The van der Waals surface area contributed by atoms with Crippen LogP contribution in [0.1, 0.15) is 30.3 Å². The number of methoxy groups -OCH3 is 1. The van der Waals surface area contributed by atoms with E-state index in [-0.39, 0.29) is 12.1 Å². The number of hydrogen-bond donors (Lipinski definition) is 0. The molecule has 0 unspecified atom stereocenters. The smallest absolute Gasteiger partial charge is 0.417 e. The molecule has 0 spiro atoms. The summed E-state index contributed by atoms with van der Waals surface area (Å²) in [5, 5.41) is 4.05. The highest BCUT2D eigenvalue weighted by molar-refractivity contribution is 5.86. The Balaban J connectivity index is 1.69. The summed E-state index contributed by atoms with van der Waals surface area (Å²) in [7, 11) is 1.73. The molecule has 0 amide bonds. The molecular weight excluding hydrogens is 372 g/mol. The van der Waals surface area contributed by atoms with Gasteiger partial charge in [0.2, 0.25) is 0 Å². The van der Waals surface area contributed by atoms with E-state index in [9.17, 15) is 4.79 Å². The van der Waals surface area contributed by atoms with Gasteiger partial charge in [0.25, 0.3) is 0 Å². The standard InChI is InChI=1S/C21H20N4O4/c1-11-19(12(2)29-24-11)13-4-5-18-17(8-13)22-20(16-6-7-28-21(26)23-16)25(18)14-9-15(10-14)27-3/h4-8,14-15H,9-10H2,1-3H3/t14-,15-. The van der Waals surface area contributed by atoms with Gasteiger partial charge in [-0.05, 0) is 44.4 Å². The van der Waals surface area contributed by atoms with Gasteiger partial charge in [-0.15, -0.1) is 0 Å². The van der Waals surface area contributed by atoms with E-state index < -0.39 is 5.76 Å². The van der Waals surface area contributed by atoms with E-state index in [1.165, 1.54) is 6.26 Å². The van der Waals surface area contributed by atoms with Crippen LogP contribution in [-0.4, -0.2) is 32.9 Å². The van der Waals surface area contributed by atoms with E-state index in [4.69, 9.17) is 18.7 Å². The Hall–Kier alpha value is -3.26. The Bertz CT molecular complexity index is 1240. The molecule has 0 bridgehead atoms. The predicted octanol–water partition coefficient (Wildman–Crippen LogP) is 3.67. The van der Waals surface area contributed by atoms with Crippen molar-refractivity contribution in [2.75, 3.05) is 7.11 Å². The van der Waals surface area contributed by atoms with Crippen LogP contribution in [-0.2, 0) is 4.74 Å². The van der Waals surface area contributed by atoms with E-state index in [0.29, 0.717) is 11.5 Å². The van der Waals surface area contributed by atoms with E-state index in [0.717, 1.165) is 46.5 Å². The molecule has 0 N–H and O–H groups in total. The molecule has 3 aromatic heterocycles. The summed E-state index contributed by atoms with van der Waals surface area (Å²) in [5.41, 5.74) is 5.12. The summed E-state index contributed by atoms with van der Waals surface area (Å²) in [6, 6.07) is 8.04. The van der Waals surface area contributed by atoms with Crippen LogP contribution in [0.2, 0.25) is 0 Å². The Kier molecular flexibility index (Phi) is 4.09. The Labute approximate surface area is 166 Å². The lowest BCUT2D eigenvalue weighted by molar-refractivity contribution is 0.00780. The van der Waals surface area contributed by atoms with E-state index in [2.05, 4.69) is 26.8 Å². The molecule has 4 aromatic rings. The zero-order valence-corrected chi connectivity index (χ0v) is 16.4. The third-order valence-corrected chi connectivity index (χ3v) is 5.62. The maximum absolute atomic E-state index is 11.7. The lowest BCUT2D eigenvalue weighted by atomic mass is 9.88. The largest absolute Gasteiger partial charge is 0.439 e. The molecule has 0 atom stereocenters. The summed E-state index contributed by atoms with van der Waals surface area (Å²) < 4.78 is 17.7. The van der Waals surface area contributed by atoms with Crippen LogP contribution in [0.15, 0.2) is 44.3 Å². The molecule has 29 heavy (non-hydrogen) atoms. The highest BCUT2D eigenvalue weighted by Gasteiger charge is 2.33. The first kappa shape index (κ1) is 17.8. The van der Waals surface area contributed by atoms with Crippen molar-refractivity contribution >= 4 is 11.0 Å². The van der Waals surface area contributed by atoms with Gasteiger partial charge < -0.3 is 18.2 Å². The quantitative estimate of drug-likeness (QED) is 0.523. The predicted molar refractivity (Wildman–Crippen MR) is 106 cm³/mol. The molecule has 148 valence electrons. The van der Waals surface area contributed by atoms with E-state index >= 15 is 0 Å². The fraction of sp³-hybridized carbons (Fsp3) is 0.333. The lowest BCUT2D eigenvalue weighted by Crippen LogP contribution is -2.32. The molecule has 0 radical (unpaired) electrons. The number of nitrogens with zero attached hydrogens (tertiary/aromatic N) is 4. The molecule has 0 saturated heterocycles. The Morgan fingerprint density at radius 3 is 2.69 bits per heavy atom. The van der Waals surface area contributed by atoms with Crippen molar-refractivity contribution < 1.29 is 13.7 Å². The van der Waals surface area contributed by atoms with Gasteiger partial charge in [-0.25, -0.2) is 9.78 Å². The molecule has 5 rings (SSSR count). The fourth-order valence-electron chi connectivity index (χ4n) is 4.08. The highest BCUT2D eigenvalue weighted by Crippen LogP contribution is 2.40. The van der Waals surface area contributed by atoms with Gasteiger partial charge >= 0.3 is 5.76 Å². The Morgan fingerprint density at radius 1 is 1.17 bits per heavy atom. The third-order valence-electron chi connectivity index (χ3n) is 5.62. The number of rotatable bonds is 4. The summed E-state index contributed by atoms with van der Waals surface area (Å²) in [6.07, 6.45) is 3.37. The number of benzene rings is 1. The summed E-state index contributed by atoms with van der Waals surface area (Å²) >= 11 is 0. The number of imidazole rings is 1. The maximum atomic E-state index is 11.7. The molecule has 3 heterocycles. The van der Waals surface area contributed by atoms with Gasteiger partial charge in [-0.3, -0.25) is 0 Å². The van der Waals surface area contributed by atoms with Gasteiger partial charge in [0.15, 0.2) is 5.82 Å². The zero-order chi connectivity index (χ0) is 20.1. The van der Waals surface area contributed by atoms with Crippen LogP contribution >= 0.6 is 0 Å². The van der Waals surface area contributed by atoms with Gasteiger partial charge in [0.1, 0.15) is 11.5 Å². The van der Waals surface area contributed by atoms with Crippen LogP contribution in [0.4, 0.5) is 0 Å². The first-order chi connectivity index (χ1) is 14.0. The second kappa shape index (κ2) is 6.66. The third kappa shape index (κ3) is 2.87. The van der Waals surface area contributed by atoms with Gasteiger partial charge in [-0.2, -0.15) is 4.98 Å². The van der Waals surface area contributed by atoms with Crippen LogP contribution in [0, 0.1) is 13.8 Å². The van der Waals surface area contributed by atoms with Crippen molar-refractivity contribution in [3.63, 3.8) is 0 Å². The number of fused-ring (bicyclic) bond motifs is 1. The SMILES string of the molecule is CO[C@H]1C[C@H](n2c(-c3ccoc(=O)n3)nc3cc(-c4c(C)noc4C)ccc32)C1. The average molecular weight is 392 g/mol. The van der Waals surface area contributed by atoms with Gasteiger partial charge in [-0.1, -0.05) is 11.2 Å². The molecule has 1 fully saturated rings. The molecule has 1 aromatic carbocycles.